The van der Waals surface area contributed by atoms with E-state index in [0.29, 0.717) is 44.3 Å². The Morgan fingerprint density at radius 1 is 1.21 bits per heavy atom. The third-order valence-corrected chi connectivity index (χ3v) is 5.01. The van der Waals surface area contributed by atoms with Crippen LogP contribution < -0.4 is 5.32 Å². The molecule has 0 spiro atoms. The molecule has 1 aromatic carbocycles. The molecule has 0 radical (unpaired) electrons. The van der Waals surface area contributed by atoms with Gasteiger partial charge in [0.15, 0.2) is 5.82 Å². The van der Waals surface area contributed by atoms with Crippen molar-refractivity contribution in [3.63, 3.8) is 0 Å². The second kappa shape index (κ2) is 7.79. The number of hydrogen-bond acceptors (Lipinski definition) is 6. The SMILES string of the molecule is O=C1CCN(CCC(=O)N2CC(c3nc(Cc4ccccc4)no3)C2)C(=O)N1. The number of amides is 4. The summed E-state index contributed by atoms with van der Waals surface area (Å²) in [7, 11) is 0. The fourth-order valence-electron chi connectivity index (χ4n) is 3.32. The molecule has 4 amide bonds. The molecule has 2 saturated heterocycles. The average Bonchev–Trinajstić information content (AvgIpc) is 3.08. The van der Waals surface area contributed by atoms with Gasteiger partial charge in [0.1, 0.15) is 0 Å². The van der Waals surface area contributed by atoms with Gasteiger partial charge in [-0.15, -0.1) is 0 Å². The molecule has 3 heterocycles. The monoisotopic (exact) mass is 383 g/mol. The lowest BCUT2D eigenvalue weighted by atomic mass is 9.99. The molecule has 0 saturated carbocycles. The summed E-state index contributed by atoms with van der Waals surface area (Å²) in [5.41, 5.74) is 1.11. The summed E-state index contributed by atoms with van der Waals surface area (Å²) in [5, 5.41) is 6.28. The molecule has 0 unspecified atom stereocenters. The van der Waals surface area contributed by atoms with E-state index in [4.69, 9.17) is 4.52 Å². The van der Waals surface area contributed by atoms with Crippen LogP contribution >= 0.6 is 0 Å². The normalized spacial score (nSPS) is 17.4. The van der Waals surface area contributed by atoms with E-state index in [-0.39, 0.29) is 30.6 Å². The number of benzene rings is 1. The Bertz CT molecular complexity index is 875. The number of likely N-dealkylation sites (tertiary alicyclic amines) is 1. The molecule has 0 bridgehead atoms. The third kappa shape index (κ3) is 4.03. The van der Waals surface area contributed by atoms with Gasteiger partial charge in [0, 0.05) is 45.4 Å². The van der Waals surface area contributed by atoms with Gasteiger partial charge in [-0.1, -0.05) is 35.5 Å². The van der Waals surface area contributed by atoms with Crippen molar-refractivity contribution in [2.45, 2.75) is 25.2 Å². The Labute approximate surface area is 161 Å². The van der Waals surface area contributed by atoms with E-state index in [1.807, 2.05) is 30.3 Å². The van der Waals surface area contributed by atoms with Crippen molar-refractivity contribution >= 4 is 17.8 Å². The minimum Gasteiger partial charge on any atom is -0.341 e. The molecule has 1 N–H and O–H groups in total. The lowest BCUT2D eigenvalue weighted by Crippen LogP contribution is -2.52. The maximum atomic E-state index is 12.3. The van der Waals surface area contributed by atoms with Gasteiger partial charge >= 0.3 is 6.03 Å². The Hall–Kier alpha value is -3.23. The summed E-state index contributed by atoms with van der Waals surface area (Å²) in [6, 6.07) is 9.50. The first-order valence-electron chi connectivity index (χ1n) is 9.31. The van der Waals surface area contributed by atoms with Crippen molar-refractivity contribution < 1.29 is 18.9 Å². The highest BCUT2D eigenvalue weighted by molar-refractivity contribution is 5.96. The molecule has 2 aliphatic rings. The molecular formula is C19H21N5O4. The van der Waals surface area contributed by atoms with Crippen LogP contribution in [0.5, 0.6) is 0 Å². The number of rotatable bonds is 6. The summed E-state index contributed by atoms with van der Waals surface area (Å²) in [6.07, 6.45) is 1.12. The summed E-state index contributed by atoms with van der Waals surface area (Å²) in [5.74, 6) is 0.951. The first-order chi connectivity index (χ1) is 13.6. The van der Waals surface area contributed by atoms with Crippen LogP contribution in [0.25, 0.3) is 0 Å². The second-order valence-corrected chi connectivity index (χ2v) is 7.05. The van der Waals surface area contributed by atoms with Crippen molar-refractivity contribution in [1.29, 1.82) is 0 Å². The Morgan fingerprint density at radius 2 is 2.00 bits per heavy atom. The molecule has 9 heteroatoms. The molecule has 0 atom stereocenters. The van der Waals surface area contributed by atoms with Gasteiger partial charge in [0.25, 0.3) is 0 Å². The summed E-state index contributed by atoms with van der Waals surface area (Å²) < 4.78 is 5.36. The fourth-order valence-corrected chi connectivity index (χ4v) is 3.32. The average molecular weight is 383 g/mol. The van der Waals surface area contributed by atoms with Gasteiger partial charge in [-0.05, 0) is 5.56 Å². The highest BCUT2D eigenvalue weighted by Crippen LogP contribution is 2.26. The molecule has 4 rings (SSSR count). The number of nitrogens with zero attached hydrogens (tertiary/aromatic N) is 4. The number of urea groups is 1. The van der Waals surface area contributed by atoms with Crippen LogP contribution in [0.2, 0.25) is 0 Å². The van der Waals surface area contributed by atoms with E-state index in [9.17, 15) is 14.4 Å². The summed E-state index contributed by atoms with van der Waals surface area (Å²) in [4.78, 5) is 42.8. The topological polar surface area (TPSA) is 109 Å². The Kier molecular flexibility index (Phi) is 5.05. The van der Waals surface area contributed by atoms with Gasteiger partial charge < -0.3 is 14.3 Å². The summed E-state index contributed by atoms with van der Waals surface area (Å²) in [6.45, 7) is 1.74. The molecule has 146 valence electrons. The first-order valence-corrected chi connectivity index (χ1v) is 9.31. The first kappa shape index (κ1) is 18.1. The number of carbonyl (C=O) groups is 3. The van der Waals surface area contributed by atoms with E-state index in [2.05, 4.69) is 15.5 Å². The predicted octanol–water partition coefficient (Wildman–Crippen LogP) is 0.918. The maximum Gasteiger partial charge on any atom is 0.324 e. The lowest BCUT2D eigenvalue weighted by molar-refractivity contribution is -0.136. The zero-order valence-electron chi connectivity index (χ0n) is 15.3. The van der Waals surface area contributed by atoms with Gasteiger partial charge in [-0.3, -0.25) is 14.9 Å². The standard InChI is InChI=1S/C19H21N5O4/c25-16-6-8-23(19(27)21-16)9-7-17(26)24-11-14(12-24)18-20-15(22-28-18)10-13-4-2-1-3-5-13/h1-5,14H,6-12H2,(H,21,25,27). The van der Waals surface area contributed by atoms with E-state index in [1.165, 1.54) is 4.90 Å². The molecule has 2 fully saturated rings. The molecule has 0 aliphatic carbocycles. The Morgan fingerprint density at radius 3 is 2.75 bits per heavy atom. The maximum absolute atomic E-state index is 12.3. The quantitative estimate of drug-likeness (QED) is 0.795. The van der Waals surface area contributed by atoms with Crippen LogP contribution in [-0.2, 0) is 16.0 Å². The van der Waals surface area contributed by atoms with E-state index >= 15 is 0 Å². The van der Waals surface area contributed by atoms with Crippen LogP contribution in [0.1, 0.15) is 36.0 Å². The van der Waals surface area contributed by atoms with E-state index in [1.54, 1.807) is 4.90 Å². The third-order valence-electron chi connectivity index (χ3n) is 5.01. The van der Waals surface area contributed by atoms with Crippen molar-refractivity contribution in [3.8, 4) is 0 Å². The van der Waals surface area contributed by atoms with Crippen molar-refractivity contribution in [1.82, 2.24) is 25.3 Å². The van der Waals surface area contributed by atoms with Gasteiger partial charge in [-0.25, -0.2) is 4.79 Å². The van der Waals surface area contributed by atoms with Crippen LogP contribution in [0.3, 0.4) is 0 Å². The number of imide groups is 1. The van der Waals surface area contributed by atoms with Gasteiger partial charge in [-0.2, -0.15) is 4.98 Å². The molecule has 28 heavy (non-hydrogen) atoms. The molecule has 1 aromatic heterocycles. The van der Waals surface area contributed by atoms with Crippen LogP contribution in [0.15, 0.2) is 34.9 Å². The zero-order valence-corrected chi connectivity index (χ0v) is 15.3. The highest BCUT2D eigenvalue weighted by Gasteiger charge is 2.35. The van der Waals surface area contributed by atoms with Crippen LogP contribution in [0, 0.1) is 0 Å². The van der Waals surface area contributed by atoms with Gasteiger partial charge in [0.05, 0.1) is 5.92 Å². The van der Waals surface area contributed by atoms with Crippen LogP contribution in [-0.4, -0.2) is 64.0 Å². The minimum atomic E-state index is -0.428. The van der Waals surface area contributed by atoms with Gasteiger partial charge in [0.2, 0.25) is 17.7 Å². The van der Waals surface area contributed by atoms with Crippen molar-refractivity contribution in [2.75, 3.05) is 26.2 Å². The Balaban J connectivity index is 1.23. The molecule has 9 nitrogen and oxygen atoms in total. The lowest BCUT2D eigenvalue weighted by Gasteiger charge is -2.37. The largest absolute Gasteiger partial charge is 0.341 e. The second-order valence-electron chi connectivity index (χ2n) is 7.05. The number of hydrogen-bond donors (Lipinski definition) is 1. The zero-order chi connectivity index (χ0) is 19.5. The molecular weight excluding hydrogens is 362 g/mol. The predicted molar refractivity (Wildman–Crippen MR) is 97.2 cm³/mol. The number of nitrogens with one attached hydrogen (secondary N) is 1. The van der Waals surface area contributed by atoms with E-state index in [0.717, 1.165) is 5.56 Å². The van der Waals surface area contributed by atoms with E-state index < -0.39 is 6.03 Å². The summed E-state index contributed by atoms with van der Waals surface area (Å²) >= 11 is 0. The molecule has 2 aliphatic heterocycles. The number of carbonyl (C=O) groups excluding carboxylic acids is 3. The minimum absolute atomic E-state index is 0.0232. The van der Waals surface area contributed by atoms with Crippen LogP contribution in [0.4, 0.5) is 4.79 Å². The highest BCUT2D eigenvalue weighted by atomic mass is 16.5. The molecule has 2 aromatic rings. The van der Waals surface area contributed by atoms with Crippen molar-refractivity contribution in [2.24, 2.45) is 0 Å². The smallest absolute Gasteiger partial charge is 0.324 e. The fraction of sp³-hybridized carbons (Fsp3) is 0.421. The van der Waals surface area contributed by atoms with Crippen molar-refractivity contribution in [3.05, 3.63) is 47.6 Å². The number of aromatic nitrogens is 2.